The van der Waals surface area contributed by atoms with Gasteiger partial charge in [-0.05, 0) is 103 Å². The average molecular weight is 660 g/mol. The Balaban J connectivity index is 1.68. The molecule has 7 atom stereocenters. The van der Waals surface area contributed by atoms with E-state index in [9.17, 15) is 29.7 Å². The molecule has 48 heavy (non-hydrogen) atoms. The molecule has 258 valence electrons. The number of allylic oxidation sites excluding steroid dienone is 9. The fourth-order valence-corrected chi connectivity index (χ4v) is 8.21. The molecule has 1 spiro atoms. The van der Waals surface area contributed by atoms with Gasteiger partial charge in [-0.15, -0.1) is 0 Å². The third kappa shape index (κ3) is 6.11. The standard InChI is InChI=1S/C38H49N3O7/c1-24(2)12-10-13-25(3)20-29-21-26(4)33(41-36(46)39(35(45)40(29)41)28-14-8-7-9-15-28)32-22-38(34(44)48-32)31(16-11-19-42)30(27(5)23-43)17-18-37(38,6)47/h7-10,12-15,20-21,23,29,31-34,42,44,47H,11,16-19,22H2,1-6H3/b13-10+,25-20+,30-27-/t29?,31-,32+,33?,34-,37+,38+/m1/s1. The number of benzene rings is 1. The van der Waals surface area contributed by atoms with Crippen LogP contribution in [0.3, 0.4) is 0 Å². The van der Waals surface area contributed by atoms with Crippen molar-refractivity contribution in [2.45, 2.75) is 104 Å². The van der Waals surface area contributed by atoms with E-state index in [1.165, 1.54) is 9.36 Å². The first kappa shape index (κ1) is 35.5. The molecule has 10 heteroatoms. The number of hydrogen-bond acceptors (Lipinski definition) is 7. The van der Waals surface area contributed by atoms with Crippen LogP contribution in [0, 0.1) is 11.3 Å². The first-order valence-corrected chi connectivity index (χ1v) is 16.8. The molecule has 1 aliphatic carbocycles. The second kappa shape index (κ2) is 14.0. The van der Waals surface area contributed by atoms with Gasteiger partial charge in [0.15, 0.2) is 6.29 Å². The molecule has 3 heterocycles. The average Bonchev–Trinajstić information content (AvgIpc) is 3.51. The van der Waals surface area contributed by atoms with E-state index in [1.807, 2.05) is 64.1 Å². The minimum atomic E-state index is -1.43. The molecule has 2 aliphatic heterocycles. The van der Waals surface area contributed by atoms with Gasteiger partial charge in [0.2, 0.25) is 0 Å². The molecular weight excluding hydrogens is 610 g/mol. The number of fused-ring (bicyclic) bond motifs is 1. The summed E-state index contributed by atoms with van der Waals surface area (Å²) in [5, 5.41) is 33.7. The highest BCUT2D eigenvalue weighted by atomic mass is 16.6. The van der Waals surface area contributed by atoms with E-state index in [0.29, 0.717) is 36.9 Å². The fourth-order valence-electron chi connectivity index (χ4n) is 8.21. The molecule has 1 aromatic carbocycles. The topological polar surface area (TPSA) is 136 Å². The number of para-hydroxylation sites is 1. The summed E-state index contributed by atoms with van der Waals surface area (Å²) in [4.78, 5) is 40.6. The smallest absolute Gasteiger partial charge is 0.352 e. The molecule has 0 amide bonds. The maximum absolute atomic E-state index is 14.4. The second-order valence-corrected chi connectivity index (χ2v) is 14.1. The van der Waals surface area contributed by atoms with Crippen LogP contribution in [-0.2, 0) is 9.53 Å². The number of aromatic nitrogens is 3. The van der Waals surface area contributed by atoms with E-state index in [4.69, 9.17) is 4.74 Å². The van der Waals surface area contributed by atoms with Crippen LogP contribution < -0.4 is 11.4 Å². The molecular formula is C38H49N3O7. The van der Waals surface area contributed by atoms with E-state index in [1.54, 1.807) is 38.1 Å². The predicted molar refractivity (Wildman–Crippen MR) is 185 cm³/mol. The van der Waals surface area contributed by atoms with Crippen molar-refractivity contribution in [1.29, 1.82) is 0 Å². The number of nitrogens with zero attached hydrogens (tertiary/aromatic N) is 3. The Morgan fingerprint density at radius 1 is 1.08 bits per heavy atom. The number of carbonyl (C=O) groups is 1. The number of aldehydes is 1. The minimum absolute atomic E-state index is 0.0838. The van der Waals surface area contributed by atoms with Gasteiger partial charge in [0.25, 0.3) is 0 Å². The predicted octanol–water partition coefficient (Wildman–Crippen LogP) is 4.85. The molecule has 5 rings (SSSR count). The molecule has 3 aliphatic rings. The molecule has 2 fully saturated rings. The van der Waals surface area contributed by atoms with Crippen molar-refractivity contribution in [3.05, 3.63) is 110 Å². The summed E-state index contributed by atoms with van der Waals surface area (Å²) in [6.45, 7) is 11.2. The third-order valence-electron chi connectivity index (χ3n) is 10.6. The first-order valence-electron chi connectivity index (χ1n) is 16.8. The summed E-state index contributed by atoms with van der Waals surface area (Å²) < 4.78 is 10.5. The lowest BCUT2D eigenvalue weighted by atomic mass is 9.53. The van der Waals surface area contributed by atoms with Crippen LogP contribution in [0.2, 0.25) is 0 Å². The normalized spacial score (nSPS) is 31.6. The third-order valence-corrected chi connectivity index (χ3v) is 10.6. The van der Waals surface area contributed by atoms with Gasteiger partial charge in [0.1, 0.15) is 12.3 Å². The lowest BCUT2D eigenvalue weighted by molar-refractivity contribution is -0.222. The van der Waals surface area contributed by atoms with Gasteiger partial charge >= 0.3 is 11.4 Å². The summed E-state index contributed by atoms with van der Waals surface area (Å²) in [6, 6.07) is 7.42. The number of aliphatic hydroxyl groups excluding tert-OH is 2. The van der Waals surface area contributed by atoms with Crippen LogP contribution >= 0.6 is 0 Å². The van der Waals surface area contributed by atoms with E-state index >= 15 is 0 Å². The Morgan fingerprint density at radius 3 is 2.42 bits per heavy atom. The van der Waals surface area contributed by atoms with Crippen molar-refractivity contribution >= 4 is 6.29 Å². The Labute approximate surface area is 281 Å². The molecule has 1 saturated carbocycles. The van der Waals surface area contributed by atoms with Crippen molar-refractivity contribution in [3.8, 4) is 5.69 Å². The van der Waals surface area contributed by atoms with Gasteiger partial charge in [0.05, 0.1) is 28.8 Å². The Bertz CT molecular complexity index is 1800. The minimum Gasteiger partial charge on any atom is -0.396 e. The Hall–Kier alpha value is -3.83. The monoisotopic (exact) mass is 659 g/mol. The van der Waals surface area contributed by atoms with Crippen molar-refractivity contribution in [1.82, 2.24) is 13.9 Å². The van der Waals surface area contributed by atoms with Gasteiger partial charge in [-0.2, -0.15) is 0 Å². The lowest BCUT2D eigenvalue weighted by Crippen LogP contribution is -2.58. The molecule has 1 aromatic heterocycles. The maximum atomic E-state index is 14.4. The van der Waals surface area contributed by atoms with Crippen LogP contribution in [-0.4, -0.2) is 60.1 Å². The Morgan fingerprint density at radius 2 is 1.77 bits per heavy atom. The number of carbonyl (C=O) groups excluding carboxylic acids is 1. The summed E-state index contributed by atoms with van der Waals surface area (Å²) in [5.74, 6) is -0.453. The van der Waals surface area contributed by atoms with Gasteiger partial charge in [-0.1, -0.05) is 65.3 Å². The molecule has 10 nitrogen and oxygen atoms in total. The molecule has 2 unspecified atom stereocenters. The number of aliphatic hydroxyl groups is 3. The Kier molecular flexibility index (Phi) is 10.3. The zero-order chi connectivity index (χ0) is 35.0. The summed E-state index contributed by atoms with van der Waals surface area (Å²) >= 11 is 0. The van der Waals surface area contributed by atoms with Gasteiger partial charge in [-0.25, -0.2) is 23.5 Å². The van der Waals surface area contributed by atoms with Gasteiger partial charge < -0.3 is 20.1 Å². The van der Waals surface area contributed by atoms with E-state index < -0.39 is 52.8 Å². The van der Waals surface area contributed by atoms with Crippen molar-refractivity contribution in [2.24, 2.45) is 11.3 Å². The molecule has 0 bridgehead atoms. The van der Waals surface area contributed by atoms with Crippen molar-refractivity contribution in [2.75, 3.05) is 6.61 Å². The number of hydrogen-bond donors (Lipinski definition) is 3. The highest BCUT2D eigenvalue weighted by molar-refractivity contribution is 5.74. The molecule has 0 radical (unpaired) electrons. The highest BCUT2D eigenvalue weighted by Crippen LogP contribution is 2.61. The molecule has 2 aromatic rings. The molecule has 3 N–H and O–H groups in total. The van der Waals surface area contributed by atoms with Crippen molar-refractivity contribution in [3.63, 3.8) is 0 Å². The zero-order valence-electron chi connectivity index (χ0n) is 28.8. The second-order valence-electron chi connectivity index (χ2n) is 14.1. The van der Waals surface area contributed by atoms with Crippen LogP contribution in [0.25, 0.3) is 5.69 Å². The van der Waals surface area contributed by atoms with Crippen LogP contribution in [0.4, 0.5) is 0 Å². The van der Waals surface area contributed by atoms with Crippen LogP contribution in [0.1, 0.15) is 85.7 Å². The van der Waals surface area contributed by atoms with Crippen molar-refractivity contribution < 1.29 is 24.9 Å². The SMILES string of the molecule is CC(C)=C/C=C/C(C)=C/C1C=C(C)C([C@@H]2C[C@@]3([C@H](O)O2)[C@H](CCCO)/C(=C(/C)C=O)CC[C@]3(C)O)n2c(=O)n(-c3ccccc3)c(=O)n21. The summed E-state index contributed by atoms with van der Waals surface area (Å²) in [6.07, 6.45) is 10.1. The van der Waals surface area contributed by atoms with Crippen LogP contribution in [0.5, 0.6) is 0 Å². The maximum Gasteiger partial charge on any atom is 0.352 e. The quantitative estimate of drug-likeness (QED) is 0.152. The highest BCUT2D eigenvalue weighted by Gasteiger charge is 2.65. The summed E-state index contributed by atoms with van der Waals surface area (Å²) in [7, 11) is 0. The fraction of sp³-hybridized carbons (Fsp3) is 0.500. The van der Waals surface area contributed by atoms with Gasteiger partial charge in [0, 0.05) is 6.61 Å². The van der Waals surface area contributed by atoms with E-state index in [2.05, 4.69) is 0 Å². The zero-order valence-corrected chi connectivity index (χ0v) is 28.8. The van der Waals surface area contributed by atoms with E-state index in [0.717, 1.165) is 33.1 Å². The van der Waals surface area contributed by atoms with Crippen LogP contribution in [0.15, 0.2) is 98.2 Å². The van der Waals surface area contributed by atoms with E-state index in [-0.39, 0.29) is 13.0 Å². The van der Waals surface area contributed by atoms with Gasteiger partial charge in [-0.3, -0.25) is 4.79 Å². The molecule has 1 saturated heterocycles. The number of rotatable bonds is 9. The first-order chi connectivity index (χ1) is 22.8. The largest absolute Gasteiger partial charge is 0.396 e. The lowest BCUT2D eigenvalue weighted by Gasteiger charge is -2.54. The number of ether oxygens (including phenoxy) is 1. The summed E-state index contributed by atoms with van der Waals surface area (Å²) in [5.41, 5.74) is 0.990.